The van der Waals surface area contributed by atoms with Gasteiger partial charge in [0.25, 0.3) is 0 Å². The quantitative estimate of drug-likeness (QED) is 0.766. The minimum Gasteiger partial charge on any atom is -0.489 e. The first-order chi connectivity index (χ1) is 9.60. The molecule has 3 nitrogen and oxygen atoms in total. The summed E-state index contributed by atoms with van der Waals surface area (Å²) < 4.78 is 5.64. The molecule has 0 saturated heterocycles. The molecule has 3 heteroatoms. The molecule has 0 N–H and O–H groups in total. The lowest BCUT2D eigenvalue weighted by Crippen LogP contribution is -2.05. The van der Waals surface area contributed by atoms with Crippen molar-refractivity contribution in [2.45, 2.75) is 33.3 Å². The summed E-state index contributed by atoms with van der Waals surface area (Å²) in [5, 5.41) is 0. The van der Waals surface area contributed by atoms with Crippen molar-refractivity contribution in [2.75, 3.05) is 0 Å². The van der Waals surface area contributed by atoms with Crippen molar-refractivity contribution < 1.29 is 9.53 Å². The van der Waals surface area contributed by atoms with Gasteiger partial charge in [0.2, 0.25) is 0 Å². The number of carbonyl (C=O) groups is 1. The Morgan fingerprint density at radius 1 is 1.15 bits per heavy atom. The number of rotatable bonds is 5. The number of hydrogen-bond acceptors (Lipinski definition) is 3. The smallest absolute Gasteiger partial charge is 0.162 e. The van der Waals surface area contributed by atoms with Gasteiger partial charge in [-0.1, -0.05) is 31.2 Å². The number of benzene rings is 1. The molecule has 1 aromatic heterocycles. The number of pyridine rings is 1. The molecule has 20 heavy (non-hydrogen) atoms. The van der Waals surface area contributed by atoms with Crippen LogP contribution in [0.4, 0.5) is 0 Å². The SMILES string of the molecule is CCC(=O)c1ccc(-c2cncc(OC(C)C)c2)cc1. The normalized spacial score (nSPS) is 10.6. The Hall–Kier alpha value is -2.16. The van der Waals surface area contributed by atoms with Crippen molar-refractivity contribution >= 4 is 5.78 Å². The first kappa shape index (κ1) is 14.3. The molecule has 2 aromatic rings. The molecule has 0 aliphatic carbocycles. The molecule has 1 heterocycles. The van der Waals surface area contributed by atoms with Gasteiger partial charge in [-0.2, -0.15) is 0 Å². The van der Waals surface area contributed by atoms with Crippen molar-refractivity contribution in [3.8, 4) is 16.9 Å². The molecule has 0 aliphatic heterocycles. The van der Waals surface area contributed by atoms with Gasteiger partial charge in [-0.15, -0.1) is 0 Å². The minimum atomic E-state index is 0.122. The molecular weight excluding hydrogens is 250 g/mol. The average Bonchev–Trinajstić information content (AvgIpc) is 2.46. The summed E-state index contributed by atoms with van der Waals surface area (Å²) in [6.07, 6.45) is 4.15. The Balaban J connectivity index is 2.25. The third kappa shape index (κ3) is 3.44. The summed E-state index contributed by atoms with van der Waals surface area (Å²) in [4.78, 5) is 15.8. The van der Waals surface area contributed by atoms with Crippen LogP contribution in [0.15, 0.2) is 42.7 Å². The van der Waals surface area contributed by atoms with E-state index < -0.39 is 0 Å². The van der Waals surface area contributed by atoms with Crippen molar-refractivity contribution in [1.82, 2.24) is 4.98 Å². The van der Waals surface area contributed by atoms with E-state index in [0.717, 1.165) is 22.4 Å². The number of carbonyl (C=O) groups excluding carboxylic acids is 1. The number of ketones is 1. The van der Waals surface area contributed by atoms with Gasteiger partial charge >= 0.3 is 0 Å². The maximum atomic E-state index is 11.6. The molecule has 0 fully saturated rings. The molecule has 1 aromatic carbocycles. The lowest BCUT2D eigenvalue weighted by Gasteiger charge is -2.10. The predicted molar refractivity (Wildman–Crippen MR) is 80.1 cm³/mol. The van der Waals surface area contributed by atoms with Gasteiger partial charge in [0.1, 0.15) is 5.75 Å². The van der Waals surface area contributed by atoms with Crippen LogP contribution in [0.1, 0.15) is 37.6 Å². The van der Waals surface area contributed by atoms with E-state index in [9.17, 15) is 4.79 Å². The van der Waals surface area contributed by atoms with E-state index in [0.29, 0.717) is 6.42 Å². The zero-order valence-corrected chi connectivity index (χ0v) is 12.1. The third-order valence-electron chi connectivity index (χ3n) is 2.95. The van der Waals surface area contributed by atoms with E-state index in [2.05, 4.69) is 4.98 Å². The predicted octanol–water partition coefficient (Wildman–Crippen LogP) is 4.13. The molecule has 0 aliphatic rings. The van der Waals surface area contributed by atoms with Crippen LogP contribution >= 0.6 is 0 Å². The van der Waals surface area contributed by atoms with Crippen molar-refractivity contribution in [3.05, 3.63) is 48.3 Å². The third-order valence-corrected chi connectivity index (χ3v) is 2.95. The summed E-state index contributed by atoms with van der Waals surface area (Å²) >= 11 is 0. The van der Waals surface area contributed by atoms with E-state index in [1.54, 1.807) is 12.4 Å². The Labute approximate surface area is 119 Å². The molecule has 0 saturated carbocycles. The first-order valence-electron chi connectivity index (χ1n) is 6.85. The number of Topliss-reactive ketones (excluding diaryl/α,β-unsaturated/α-hetero) is 1. The number of aromatic nitrogens is 1. The van der Waals surface area contributed by atoms with Crippen LogP contribution in [0.5, 0.6) is 5.75 Å². The van der Waals surface area contributed by atoms with Crippen LogP contribution in [0.3, 0.4) is 0 Å². The zero-order valence-electron chi connectivity index (χ0n) is 12.1. The van der Waals surface area contributed by atoms with Crippen LogP contribution < -0.4 is 4.74 Å². The minimum absolute atomic E-state index is 0.122. The fourth-order valence-electron chi connectivity index (χ4n) is 1.97. The van der Waals surface area contributed by atoms with Crippen LogP contribution in [0.2, 0.25) is 0 Å². The first-order valence-corrected chi connectivity index (χ1v) is 6.85. The molecule has 0 radical (unpaired) electrons. The Morgan fingerprint density at radius 2 is 1.85 bits per heavy atom. The molecule has 0 bridgehead atoms. The van der Waals surface area contributed by atoms with Gasteiger partial charge in [0.15, 0.2) is 5.78 Å². The van der Waals surface area contributed by atoms with E-state index >= 15 is 0 Å². The highest BCUT2D eigenvalue weighted by atomic mass is 16.5. The molecule has 0 unspecified atom stereocenters. The highest BCUT2D eigenvalue weighted by Crippen LogP contribution is 2.23. The summed E-state index contributed by atoms with van der Waals surface area (Å²) in [5.74, 6) is 0.915. The summed E-state index contributed by atoms with van der Waals surface area (Å²) in [6, 6.07) is 9.57. The molecule has 0 atom stereocenters. The van der Waals surface area contributed by atoms with Crippen LogP contribution in [0, 0.1) is 0 Å². The van der Waals surface area contributed by atoms with Crippen molar-refractivity contribution in [3.63, 3.8) is 0 Å². The van der Waals surface area contributed by atoms with Gasteiger partial charge < -0.3 is 4.74 Å². The second-order valence-corrected chi connectivity index (χ2v) is 4.93. The number of hydrogen-bond donors (Lipinski definition) is 0. The fraction of sp³-hybridized carbons (Fsp3) is 0.294. The second-order valence-electron chi connectivity index (χ2n) is 4.93. The van der Waals surface area contributed by atoms with E-state index in [4.69, 9.17) is 4.74 Å². The Morgan fingerprint density at radius 3 is 2.45 bits per heavy atom. The van der Waals surface area contributed by atoms with E-state index in [-0.39, 0.29) is 11.9 Å². The average molecular weight is 269 g/mol. The highest BCUT2D eigenvalue weighted by Gasteiger charge is 2.05. The Bertz CT molecular complexity index is 588. The maximum Gasteiger partial charge on any atom is 0.162 e. The zero-order chi connectivity index (χ0) is 14.5. The largest absolute Gasteiger partial charge is 0.489 e. The molecule has 0 spiro atoms. The lowest BCUT2D eigenvalue weighted by molar-refractivity contribution is 0.0988. The van der Waals surface area contributed by atoms with Crippen LogP contribution in [0.25, 0.3) is 11.1 Å². The molecule has 104 valence electrons. The van der Waals surface area contributed by atoms with Crippen LogP contribution in [-0.2, 0) is 0 Å². The maximum absolute atomic E-state index is 11.6. The molecular formula is C17H19NO2. The Kier molecular flexibility index (Phi) is 4.51. The number of ether oxygens (including phenoxy) is 1. The molecule has 2 rings (SSSR count). The second kappa shape index (κ2) is 6.33. The van der Waals surface area contributed by atoms with Gasteiger partial charge in [0, 0.05) is 23.7 Å². The molecule has 0 amide bonds. The summed E-state index contributed by atoms with van der Waals surface area (Å²) in [7, 11) is 0. The van der Waals surface area contributed by atoms with Gasteiger partial charge in [-0.3, -0.25) is 9.78 Å². The number of nitrogens with zero attached hydrogens (tertiary/aromatic N) is 1. The topological polar surface area (TPSA) is 39.2 Å². The van der Waals surface area contributed by atoms with Crippen molar-refractivity contribution in [2.24, 2.45) is 0 Å². The lowest BCUT2D eigenvalue weighted by atomic mass is 10.0. The van der Waals surface area contributed by atoms with Gasteiger partial charge in [-0.05, 0) is 25.5 Å². The fourth-order valence-corrected chi connectivity index (χ4v) is 1.97. The highest BCUT2D eigenvalue weighted by molar-refractivity contribution is 5.96. The van der Waals surface area contributed by atoms with E-state index in [1.165, 1.54) is 0 Å². The van der Waals surface area contributed by atoms with Crippen molar-refractivity contribution in [1.29, 1.82) is 0 Å². The standard InChI is InChI=1S/C17H19NO2/c1-4-17(19)14-7-5-13(6-8-14)15-9-16(11-18-10-15)20-12(2)3/h5-12H,4H2,1-3H3. The van der Waals surface area contributed by atoms with Gasteiger partial charge in [-0.25, -0.2) is 0 Å². The van der Waals surface area contributed by atoms with Gasteiger partial charge in [0.05, 0.1) is 12.3 Å². The summed E-state index contributed by atoms with van der Waals surface area (Å²) in [5.41, 5.74) is 2.76. The monoisotopic (exact) mass is 269 g/mol. The van der Waals surface area contributed by atoms with Crippen LogP contribution in [-0.4, -0.2) is 16.9 Å². The van der Waals surface area contributed by atoms with E-state index in [1.807, 2.05) is 51.1 Å². The summed E-state index contributed by atoms with van der Waals surface area (Å²) in [6.45, 7) is 5.84.